The molecule has 0 N–H and O–H groups in total. The Kier molecular flexibility index (Phi) is 9.01. The molecule has 2 bridgehead atoms. The number of esters is 1. The maximum absolute atomic E-state index is 14.4. The van der Waals surface area contributed by atoms with Crippen LogP contribution < -0.4 is 4.74 Å². The van der Waals surface area contributed by atoms with E-state index in [0.717, 1.165) is 81.6 Å². The van der Waals surface area contributed by atoms with Crippen molar-refractivity contribution in [3.8, 4) is 16.9 Å². The van der Waals surface area contributed by atoms with Gasteiger partial charge in [0.1, 0.15) is 17.0 Å². The molecule has 8 rings (SSSR count). The van der Waals surface area contributed by atoms with Crippen LogP contribution in [0.3, 0.4) is 0 Å². The predicted molar refractivity (Wildman–Crippen MR) is 198 cm³/mol. The number of rotatable bonds is 10. The number of aromatic nitrogens is 3. The van der Waals surface area contributed by atoms with Crippen LogP contribution in [0.1, 0.15) is 61.1 Å². The number of likely N-dealkylation sites (N-methyl/N-ethyl adjacent to an activating group) is 1. The number of piperazine rings is 1. The molecule has 3 aromatic carbocycles. The summed E-state index contributed by atoms with van der Waals surface area (Å²) in [4.78, 5) is 19.4. The molecule has 5 aromatic rings. The van der Waals surface area contributed by atoms with Crippen molar-refractivity contribution in [1.82, 2.24) is 24.1 Å². The molecule has 0 amide bonds. The van der Waals surface area contributed by atoms with Crippen LogP contribution in [0.25, 0.3) is 32.8 Å². The van der Waals surface area contributed by atoms with E-state index >= 15 is 0 Å². The fourth-order valence-electron chi connectivity index (χ4n) is 7.96. The first kappa shape index (κ1) is 33.6. The molecular formula is C40H48ClN5O3. The van der Waals surface area contributed by atoms with Gasteiger partial charge in [0.25, 0.3) is 0 Å². The monoisotopic (exact) mass is 681 g/mol. The summed E-state index contributed by atoms with van der Waals surface area (Å²) < 4.78 is 16.6. The van der Waals surface area contributed by atoms with Gasteiger partial charge >= 0.3 is 5.97 Å². The number of benzene rings is 3. The molecule has 3 aliphatic rings. The van der Waals surface area contributed by atoms with Crippen LogP contribution in [0.15, 0.2) is 54.6 Å². The van der Waals surface area contributed by atoms with E-state index in [-0.39, 0.29) is 5.97 Å². The molecule has 3 saturated heterocycles. The minimum atomic E-state index is -0.650. The number of fused-ring (bicyclic) bond motifs is 4. The fourth-order valence-corrected chi connectivity index (χ4v) is 8.21. The number of halogens is 1. The van der Waals surface area contributed by atoms with E-state index in [1.807, 2.05) is 69.8 Å². The summed E-state index contributed by atoms with van der Waals surface area (Å²) in [6.45, 7) is 14.0. The molecule has 0 spiro atoms. The average Bonchev–Trinajstić information content (AvgIpc) is 3.52. The minimum Gasteiger partial charge on any atom is -0.493 e. The first-order valence-corrected chi connectivity index (χ1v) is 17.9. The molecule has 9 heteroatoms. The molecule has 0 radical (unpaired) electrons. The van der Waals surface area contributed by atoms with Crippen LogP contribution in [-0.4, -0.2) is 81.1 Å². The van der Waals surface area contributed by atoms with Crippen molar-refractivity contribution in [2.24, 2.45) is 7.05 Å². The first-order valence-electron chi connectivity index (χ1n) is 17.5. The average molecular weight is 682 g/mol. The van der Waals surface area contributed by atoms with Gasteiger partial charge in [0, 0.05) is 72.9 Å². The van der Waals surface area contributed by atoms with Crippen LogP contribution in [0.2, 0.25) is 5.02 Å². The summed E-state index contributed by atoms with van der Waals surface area (Å²) >= 11 is 7.14. The third-order valence-electron chi connectivity index (χ3n) is 10.5. The highest BCUT2D eigenvalue weighted by Crippen LogP contribution is 2.42. The van der Waals surface area contributed by atoms with Crippen LogP contribution >= 0.6 is 11.6 Å². The third-order valence-corrected chi connectivity index (χ3v) is 10.8. The Morgan fingerprint density at radius 1 is 0.939 bits per heavy atom. The molecular weight excluding hydrogens is 634 g/mol. The van der Waals surface area contributed by atoms with Crippen molar-refractivity contribution in [3.05, 3.63) is 82.3 Å². The Morgan fingerprint density at radius 2 is 1.67 bits per heavy atom. The summed E-state index contributed by atoms with van der Waals surface area (Å²) in [5.74, 6) is 0.561. The van der Waals surface area contributed by atoms with Crippen molar-refractivity contribution in [3.63, 3.8) is 0 Å². The lowest BCUT2D eigenvalue weighted by atomic mass is 9.88. The second-order valence-electron chi connectivity index (χ2n) is 14.9. The van der Waals surface area contributed by atoms with Gasteiger partial charge in [-0.3, -0.25) is 14.5 Å². The quantitative estimate of drug-likeness (QED) is 0.111. The third kappa shape index (κ3) is 6.35. The second kappa shape index (κ2) is 13.1. The van der Waals surface area contributed by atoms with Gasteiger partial charge in [-0.2, -0.15) is 5.10 Å². The van der Waals surface area contributed by atoms with Crippen molar-refractivity contribution in [2.75, 3.05) is 33.3 Å². The summed E-state index contributed by atoms with van der Waals surface area (Å²) in [5, 5.41) is 8.67. The standard InChI is InChI=1S/C40H48ClN5O3/c1-25-35(26(2)44(7)42-25)36-33(41)18-17-32-31(15-11-21-48-34-16-10-13-27-12-8-9-14-30(27)34)38(39(47)49-40(3,4)5)46(37(32)36)20-19-45-23-28-22-29(24-45)43(28)6/h8-10,12-14,16-18,28-29H,11,15,19-24H2,1-7H3. The van der Waals surface area contributed by atoms with E-state index in [0.29, 0.717) is 42.4 Å². The van der Waals surface area contributed by atoms with E-state index in [1.165, 1.54) is 6.42 Å². The molecule has 258 valence electrons. The van der Waals surface area contributed by atoms with Crippen LogP contribution in [0, 0.1) is 13.8 Å². The van der Waals surface area contributed by atoms with Crippen LogP contribution in [-0.2, 0) is 24.8 Å². The van der Waals surface area contributed by atoms with Crippen molar-refractivity contribution in [1.29, 1.82) is 0 Å². The number of carbonyl (C=O) groups excluding carboxylic acids is 1. The molecule has 2 aromatic heterocycles. The topological polar surface area (TPSA) is 64.8 Å². The molecule has 8 nitrogen and oxygen atoms in total. The number of nitrogens with zero attached hydrogens (tertiary/aromatic N) is 5. The minimum absolute atomic E-state index is 0.309. The maximum atomic E-state index is 14.4. The van der Waals surface area contributed by atoms with Gasteiger partial charge in [0.15, 0.2) is 0 Å². The zero-order chi connectivity index (χ0) is 34.6. The van der Waals surface area contributed by atoms with Gasteiger partial charge in [0.2, 0.25) is 0 Å². The molecule has 2 unspecified atom stereocenters. The number of piperidine rings is 1. The lowest BCUT2D eigenvalue weighted by Crippen LogP contribution is -2.67. The molecule has 49 heavy (non-hydrogen) atoms. The highest BCUT2D eigenvalue weighted by Gasteiger charge is 2.42. The van der Waals surface area contributed by atoms with Gasteiger partial charge in [-0.1, -0.05) is 54.1 Å². The predicted octanol–water partition coefficient (Wildman–Crippen LogP) is 7.82. The van der Waals surface area contributed by atoms with Crippen molar-refractivity contribution in [2.45, 2.75) is 78.1 Å². The number of hydrogen-bond donors (Lipinski definition) is 0. The molecule has 5 heterocycles. The van der Waals surface area contributed by atoms with E-state index in [2.05, 4.69) is 52.6 Å². The Bertz CT molecular complexity index is 2020. The largest absolute Gasteiger partial charge is 0.493 e. The zero-order valence-corrected chi connectivity index (χ0v) is 30.6. The van der Waals surface area contributed by atoms with E-state index < -0.39 is 5.60 Å². The summed E-state index contributed by atoms with van der Waals surface area (Å²) in [6.07, 6.45) is 2.64. The van der Waals surface area contributed by atoms with Crippen LogP contribution in [0.5, 0.6) is 5.75 Å². The lowest BCUT2D eigenvalue weighted by molar-refractivity contribution is -0.0510. The first-order chi connectivity index (χ1) is 23.4. The van der Waals surface area contributed by atoms with Gasteiger partial charge < -0.3 is 14.0 Å². The molecule has 3 fully saturated rings. The summed E-state index contributed by atoms with van der Waals surface area (Å²) in [5.41, 5.74) is 5.78. The Hall–Kier alpha value is -3.85. The SMILES string of the molecule is Cc1nn(C)c(C)c1-c1c(Cl)ccc2c(CCCOc3cccc4ccccc34)c(C(=O)OC(C)(C)C)n(CCN3CC4CC(C3)N4C)c12. The molecule has 2 atom stereocenters. The molecule has 0 aliphatic carbocycles. The van der Waals surface area contributed by atoms with E-state index in [9.17, 15) is 4.79 Å². The van der Waals surface area contributed by atoms with Crippen molar-refractivity contribution >= 4 is 39.2 Å². The Balaban J connectivity index is 1.31. The van der Waals surface area contributed by atoms with Gasteiger partial charge in [-0.15, -0.1) is 0 Å². The summed E-state index contributed by atoms with van der Waals surface area (Å²) in [6, 6.07) is 19.7. The van der Waals surface area contributed by atoms with Gasteiger partial charge in [-0.25, -0.2) is 4.79 Å². The van der Waals surface area contributed by atoms with E-state index in [4.69, 9.17) is 26.2 Å². The highest BCUT2D eigenvalue weighted by atomic mass is 35.5. The zero-order valence-electron chi connectivity index (χ0n) is 29.8. The smallest absolute Gasteiger partial charge is 0.355 e. The number of carbonyl (C=O) groups is 1. The lowest BCUT2D eigenvalue weighted by Gasteiger charge is -2.55. The van der Waals surface area contributed by atoms with Crippen LogP contribution in [0.4, 0.5) is 0 Å². The fraction of sp³-hybridized carbons (Fsp3) is 0.450. The van der Waals surface area contributed by atoms with Gasteiger partial charge in [0.05, 0.1) is 22.8 Å². The molecule has 0 saturated carbocycles. The van der Waals surface area contributed by atoms with Crippen molar-refractivity contribution < 1.29 is 14.3 Å². The maximum Gasteiger partial charge on any atom is 0.355 e. The number of ether oxygens (including phenoxy) is 2. The molecule has 3 aliphatic heterocycles. The number of aryl methyl sites for hydroxylation is 3. The second-order valence-corrected chi connectivity index (χ2v) is 15.3. The normalized spacial score (nSPS) is 18.3. The Labute approximate surface area is 294 Å². The van der Waals surface area contributed by atoms with Gasteiger partial charge in [-0.05, 0) is 84.0 Å². The van der Waals surface area contributed by atoms with E-state index in [1.54, 1.807) is 0 Å². The highest BCUT2D eigenvalue weighted by molar-refractivity contribution is 6.35. The Morgan fingerprint density at radius 3 is 2.37 bits per heavy atom. The number of hydrogen-bond acceptors (Lipinski definition) is 6. The summed E-state index contributed by atoms with van der Waals surface area (Å²) in [7, 11) is 4.20.